The van der Waals surface area contributed by atoms with Crippen LogP contribution in [0.15, 0.2) is 0 Å². The summed E-state index contributed by atoms with van der Waals surface area (Å²) in [5, 5.41) is 3.47. The number of hydrogen-bond donors (Lipinski definition) is 1. The number of nitrogens with zero attached hydrogens (tertiary/aromatic N) is 1. The van der Waals surface area contributed by atoms with Gasteiger partial charge >= 0.3 is 0 Å². The largest absolute Gasteiger partial charge is 0.317 e. The highest BCUT2D eigenvalue weighted by atomic mass is 32.2. The molecule has 1 aliphatic heterocycles. The molecule has 2 nitrogen and oxygen atoms in total. The van der Waals surface area contributed by atoms with Gasteiger partial charge in [-0.3, -0.25) is 0 Å². The Hall–Kier alpha value is 0.270. The van der Waals surface area contributed by atoms with Gasteiger partial charge in [0, 0.05) is 23.9 Å². The van der Waals surface area contributed by atoms with Gasteiger partial charge in [-0.15, -0.1) is 0 Å². The molecule has 0 radical (unpaired) electrons. The van der Waals surface area contributed by atoms with Crippen molar-refractivity contribution in [2.45, 2.75) is 56.2 Å². The highest BCUT2D eigenvalue weighted by molar-refractivity contribution is 8.00. The van der Waals surface area contributed by atoms with Gasteiger partial charge in [0.1, 0.15) is 0 Å². The summed E-state index contributed by atoms with van der Waals surface area (Å²) in [4.78, 5) is 2.74. The molecule has 1 N–H and O–H groups in total. The van der Waals surface area contributed by atoms with Gasteiger partial charge in [-0.25, -0.2) is 0 Å². The molecule has 2 unspecified atom stereocenters. The third-order valence-electron chi connectivity index (χ3n) is 5.07. The van der Waals surface area contributed by atoms with Gasteiger partial charge in [0.05, 0.1) is 0 Å². The lowest BCUT2D eigenvalue weighted by Crippen LogP contribution is -2.51. The molecule has 106 valence electrons. The zero-order chi connectivity index (χ0) is 13.0. The van der Waals surface area contributed by atoms with E-state index in [1.54, 1.807) is 0 Å². The van der Waals surface area contributed by atoms with E-state index in [4.69, 9.17) is 0 Å². The fraction of sp³-hybridized carbons (Fsp3) is 1.00. The summed E-state index contributed by atoms with van der Waals surface area (Å²) in [7, 11) is 2.11. The van der Waals surface area contributed by atoms with Crippen molar-refractivity contribution in [3.05, 3.63) is 0 Å². The van der Waals surface area contributed by atoms with E-state index < -0.39 is 0 Å². The molecule has 18 heavy (non-hydrogen) atoms. The Morgan fingerprint density at radius 2 is 2.00 bits per heavy atom. The van der Waals surface area contributed by atoms with Crippen molar-refractivity contribution in [2.75, 3.05) is 32.9 Å². The summed E-state index contributed by atoms with van der Waals surface area (Å²) in [6.07, 6.45) is 10.9. The van der Waals surface area contributed by atoms with Crippen LogP contribution in [0.25, 0.3) is 0 Å². The van der Waals surface area contributed by atoms with Gasteiger partial charge < -0.3 is 10.2 Å². The van der Waals surface area contributed by atoms with Gasteiger partial charge in [0.2, 0.25) is 0 Å². The Labute approximate surface area is 117 Å². The monoisotopic (exact) mass is 270 g/mol. The van der Waals surface area contributed by atoms with Gasteiger partial charge in [-0.1, -0.05) is 26.2 Å². The van der Waals surface area contributed by atoms with Crippen LogP contribution in [0, 0.1) is 5.92 Å². The first-order chi connectivity index (χ1) is 8.69. The third kappa shape index (κ3) is 3.43. The minimum Gasteiger partial charge on any atom is -0.317 e. The van der Waals surface area contributed by atoms with E-state index in [0.29, 0.717) is 4.75 Å². The summed E-state index contributed by atoms with van der Waals surface area (Å²) in [5.41, 5.74) is 0. The number of rotatable bonds is 4. The zero-order valence-corrected chi connectivity index (χ0v) is 13.2. The first-order valence-corrected chi connectivity index (χ1v) is 8.86. The smallest absolute Gasteiger partial charge is 0.0284 e. The quantitative estimate of drug-likeness (QED) is 0.845. The number of hydrogen-bond acceptors (Lipinski definition) is 3. The number of thioether (sulfide) groups is 1. The maximum Gasteiger partial charge on any atom is 0.0284 e. The van der Waals surface area contributed by atoms with Gasteiger partial charge in [0.25, 0.3) is 0 Å². The molecule has 1 saturated heterocycles. The average molecular weight is 270 g/mol. The standard InChI is InChI=1S/C15H30N2S/c1-13-11-17(10-7-14(13)16-2)12-15(18-3)8-5-4-6-9-15/h13-14,16H,4-12H2,1-3H3. The lowest BCUT2D eigenvalue weighted by atomic mass is 9.86. The first-order valence-electron chi connectivity index (χ1n) is 7.64. The molecular weight excluding hydrogens is 240 g/mol. The molecule has 0 spiro atoms. The molecule has 0 aromatic rings. The number of piperidine rings is 1. The average Bonchev–Trinajstić information content (AvgIpc) is 2.40. The van der Waals surface area contributed by atoms with Crippen LogP contribution in [0.4, 0.5) is 0 Å². The number of likely N-dealkylation sites (tertiary alicyclic amines) is 1. The second kappa shape index (κ2) is 6.62. The van der Waals surface area contributed by atoms with Crippen molar-refractivity contribution in [2.24, 2.45) is 5.92 Å². The summed E-state index contributed by atoms with van der Waals surface area (Å²) in [5.74, 6) is 0.797. The van der Waals surface area contributed by atoms with Crippen LogP contribution in [-0.2, 0) is 0 Å². The van der Waals surface area contributed by atoms with E-state index in [1.165, 1.54) is 58.2 Å². The molecule has 0 aromatic carbocycles. The number of nitrogens with one attached hydrogen (secondary N) is 1. The minimum absolute atomic E-state index is 0.574. The molecule has 0 aromatic heterocycles. The molecule has 2 rings (SSSR count). The van der Waals surface area contributed by atoms with Crippen LogP contribution in [-0.4, -0.2) is 48.6 Å². The van der Waals surface area contributed by atoms with Crippen LogP contribution in [0.2, 0.25) is 0 Å². The normalized spacial score (nSPS) is 33.5. The maximum absolute atomic E-state index is 3.47. The minimum atomic E-state index is 0.574. The fourth-order valence-corrected chi connectivity index (χ4v) is 4.84. The van der Waals surface area contributed by atoms with E-state index in [0.717, 1.165) is 12.0 Å². The third-order valence-corrected chi connectivity index (χ3v) is 6.47. The predicted molar refractivity (Wildman–Crippen MR) is 82.4 cm³/mol. The van der Waals surface area contributed by atoms with Crippen molar-refractivity contribution in [3.8, 4) is 0 Å². The van der Waals surface area contributed by atoms with Crippen molar-refractivity contribution in [1.82, 2.24) is 10.2 Å². The Bertz CT molecular complexity index is 251. The Kier molecular flexibility index (Phi) is 5.40. The van der Waals surface area contributed by atoms with Crippen molar-refractivity contribution in [1.29, 1.82) is 0 Å². The second-order valence-corrected chi connectivity index (χ2v) is 7.62. The Morgan fingerprint density at radius 3 is 2.56 bits per heavy atom. The maximum atomic E-state index is 3.47. The molecule has 3 heteroatoms. The highest BCUT2D eigenvalue weighted by Crippen LogP contribution is 2.39. The predicted octanol–water partition coefficient (Wildman–Crippen LogP) is 2.98. The van der Waals surface area contributed by atoms with Gasteiger partial charge in [-0.05, 0) is 45.0 Å². The van der Waals surface area contributed by atoms with Gasteiger partial charge in [0.15, 0.2) is 0 Å². The molecule has 2 fully saturated rings. The van der Waals surface area contributed by atoms with Gasteiger partial charge in [-0.2, -0.15) is 11.8 Å². The summed E-state index contributed by atoms with van der Waals surface area (Å²) in [6.45, 7) is 6.31. The van der Waals surface area contributed by atoms with Crippen LogP contribution in [0.3, 0.4) is 0 Å². The Balaban J connectivity index is 1.88. The summed E-state index contributed by atoms with van der Waals surface area (Å²) in [6, 6.07) is 0.734. The van der Waals surface area contributed by atoms with Crippen LogP contribution in [0.1, 0.15) is 45.4 Å². The van der Waals surface area contributed by atoms with Crippen LogP contribution >= 0.6 is 11.8 Å². The molecule has 1 aliphatic carbocycles. The first kappa shape index (κ1) is 14.7. The molecule has 1 saturated carbocycles. The molecule has 2 atom stereocenters. The van der Waals surface area contributed by atoms with E-state index in [1.807, 2.05) is 0 Å². The lowest BCUT2D eigenvalue weighted by molar-refractivity contribution is 0.131. The molecule has 1 heterocycles. The van der Waals surface area contributed by atoms with Crippen molar-refractivity contribution >= 4 is 11.8 Å². The summed E-state index contributed by atoms with van der Waals surface area (Å²) >= 11 is 2.14. The van der Waals surface area contributed by atoms with Crippen molar-refractivity contribution < 1.29 is 0 Å². The van der Waals surface area contributed by atoms with Crippen molar-refractivity contribution in [3.63, 3.8) is 0 Å². The molecule has 2 aliphatic rings. The molecule has 0 bridgehead atoms. The lowest BCUT2D eigenvalue weighted by Gasteiger charge is -2.44. The second-order valence-electron chi connectivity index (χ2n) is 6.34. The van der Waals surface area contributed by atoms with E-state index >= 15 is 0 Å². The van der Waals surface area contributed by atoms with E-state index in [9.17, 15) is 0 Å². The fourth-order valence-electron chi connectivity index (χ4n) is 3.83. The van der Waals surface area contributed by atoms with Crippen LogP contribution in [0.5, 0.6) is 0 Å². The van der Waals surface area contributed by atoms with Crippen LogP contribution < -0.4 is 5.32 Å². The highest BCUT2D eigenvalue weighted by Gasteiger charge is 2.35. The zero-order valence-electron chi connectivity index (χ0n) is 12.4. The molecule has 0 amide bonds. The van der Waals surface area contributed by atoms with E-state index in [-0.39, 0.29) is 0 Å². The van der Waals surface area contributed by atoms with E-state index in [2.05, 4.69) is 42.2 Å². The topological polar surface area (TPSA) is 15.3 Å². The summed E-state index contributed by atoms with van der Waals surface area (Å²) < 4.78 is 0.574. The Morgan fingerprint density at radius 1 is 1.28 bits per heavy atom. The SMILES string of the molecule is CNC1CCN(CC2(SC)CCCCC2)CC1C. The molecular formula is C15H30N2S.